The predicted octanol–water partition coefficient (Wildman–Crippen LogP) is 3.30. The van der Waals surface area contributed by atoms with Crippen LogP contribution in [0.2, 0.25) is 0 Å². The van der Waals surface area contributed by atoms with Crippen LogP contribution in [0.5, 0.6) is 0 Å². The van der Waals surface area contributed by atoms with Crippen molar-refractivity contribution in [3.05, 3.63) is 47.4 Å². The number of pyridine rings is 1. The van der Waals surface area contributed by atoms with Crippen LogP contribution >= 0.6 is 0 Å². The molecule has 3 rings (SSSR count). The Labute approximate surface area is 163 Å². The van der Waals surface area contributed by atoms with Crippen LogP contribution in [0, 0.1) is 22.7 Å². The number of nitrogens with one attached hydrogen (secondary N) is 1. The molecule has 0 unspecified atom stereocenters. The fraction of sp³-hybridized carbons (Fsp3) is 0.286. The van der Waals surface area contributed by atoms with E-state index in [0.29, 0.717) is 39.8 Å². The number of unbranched alkanes of at least 4 members (excludes halogenated alkanes) is 2. The first-order chi connectivity index (χ1) is 13.6. The number of benzene rings is 1. The van der Waals surface area contributed by atoms with Crippen LogP contribution in [-0.2, 0) is 7.05 Å². The van der Waals surface area contributed by atoms with Crippen molar-refractivity contribution in [1.29, 1.82) is 10.5 Å². The first-order valence-corrected chi connectivity index (χ1v) is 9.15. The van der Waals surface area contributed by atoms with E-state index in [9.17, 15) is 15.3 Å². The third-order valence-corrected chi connectivity index (χ3v) is 4.59. The van der Waals surface area contributed by atoms with E-state index in [2.05, 4.69) is 34.5 Å². The summed E-state index contributed by atoms with van der Waals surface area (Å²) in [6, 6.07) is 11.2. The van der Waals surface area contributed by atoms with E-state index >= 15 is 0 Å². The number of aryl methyl sites for hydroxylation is 1. The summed E-state index contributed by atoms with van der Waals surface area (Å²) in [5.74, 6) is -0.297. The molecule has 1 N–H and O–H groups in total. The number of para-hydroxylation sites is 1. The molecule has 7 nitrogen and oxygen atoms in total. The van der Waals surface area contributed by atoms with Crippen molar-refractivity contribution < 1.29 is 4.79 Å². The maximum absolute atomic E-state index is 12.7. The van der Waals surface area contributed by atoms with Gasteiger partial charge in [-0.1, -0.05) is 31.9 Å². The predicted molar refractivity (Wildman–Crippen MR) is 105 cm³/mol. The number of carbonyl (C=O) groups excluding carboxylic acids is 1. The molecule has 0 radical (unpaired) electrons. The van der Waals surface area contributed by atoms with Gasteiger partial charge in [-0.2, -0.15) is 15.6 Å². The minimum atomic E-state index is -0.297. The Balaban J connectivity index is 2.16. The number of fused-ring (bicyclic) bond motifs is 1. The van der Waals surface area contributed by atoms with Gasteiger partial charge in [0.05, 0.1) is 17.3 Å². The van der Waals surface area contributed by atoms with Gasteiger partial charge in [-0.3, -0.25) is 9.48 Å². The molecule has 0 aliphatic carbocycles. The lowest BCUT2D eigenvalue weighted by Gasteiger charge is -2.10. The highest BCUT2D eigenvalue weighted by Gasteiger charge is 2.19. The largest absolute Gasteiger partial charge is 0.351 e. The summed E-state index contributed by atoms with van der Waals surface area (Å²) in [7, 11) is 1.69. The SMILES string of the molecule is CCCCCNC(=O)c1cc(-c2cnn(C)c2C#N)c2cccc(C#N)c2n1. The average molecular weight is 372 g/mol. The fourth-order valence-electron chi connectivity index (χ4n) is 3.11. The first kappa shape index (κ1) is 19.1. The summed E-state index contributed by atoms with van der Waals surface area (Å²) < 4.78 is 1.49. The summed E-state index contributed by atoms with van der Waals surface area (Å²) in [5.41, 5.74) is 2.67. The zero-order valence-electron chi connectivity index (χ0n) is 15.9. The van der Waals surface area contributed by atoms with E-state index in [4.69, 9.17) is 0 Å². The lowest BCUT2D eigenvalue weighted by atomic mass is 9.98. The quantitative estimate of drug-likeness (QED) is 0.668. The van der Waals surface area contributed by atoms with E-state index in [0.717, 1.165) is 19.3 Å². The second-order valence-corrected chi connectivity index (χ2v) is 6.47. The normalized spacial score (nSPS) is 10.4. The van der Waals surface area contributed by atoms with Gasteiger partial charge < -0.3 is 5.32 Å². The monoisotopic (exact) mass is 372 g/mol. The van der Waals surface area contributed by atoms with Gasteiger partial charge in [0.1, 0.15) is 23.5 Å². The molecule has 7 heteroatoms. The molecule has 28 heavy (non-hydrogen) atoms. The Hall–Kier alpha value is -3.71. The highest BCUT2D eigenvalue weighted by atomic mass is 16.1. The van der Waals surface area contributed by atoms with Crippen LogP contribution in [0.25, 0.3) is 22.0 Å². The smallest absolute Gasteiger partial charge is 0.269 e. The van der Waals surface area contributed by atoms with Crippen LogP contribution in [0.1, 0.15) is 47.9 Å². The third kappa shape index (κ3) is 3.56. The average Bonchev–Trinajstić information content (AvgIpc) is 3.09. The molecule has 2 heterocycles. The lowest BCUT2D eigenvalue weighted by molar-refractivity contribution is 0.0948. The number of nitriles is 2. The molecular weight excluding hydrogens is 352 g/mol. The number of hydrogen-bond acceptors (Lipinski definition) is 5. The topological polar surface area (TPSA) is 107 Å². The molecule has 0 bridgehead atoms. The molecule has 2 aromatic heterocycles. The summed E-state index contributed by atoms with van der Waals surface area (Å²) >= 11 is 0. The zero-order chi connectivity index (χ0) is 20.1. The van der Waals surface area contributed by atoms with Crippen LogP contribution in [0.3, 0.4) is 0 Å². The molecule has 0 spiro atoms. The van der Waals surface area contributed by atoms with Gasteiger partial charge >= 0.3 is 0 Å². The summed E-state index contributed by atoms with van der Waals surface area (Å²) in [6.07, 6.45) is 4.59. The number of aromatic nitrogens is 3. The van der Waals surface area contributed by atoms with Crippen LogP contribution in [0.15, 0.2) is 30.5 Å². The van der Waals surface area contributed by atoms with Crippen molar-refractivity contribution in [3.8, 4) is 23.3 Å². The maximum atomic E-state index is 12.7. The van der Waals surface area contributed by atoms with Crippen molar-refractivity contribution in [2.75, 3.05) is 6.54 Å². The molecule has 0 saturated heterocycles. The fourth-order valence-corrected chi connectivity index (χ4v) is 3.11. The Kier molecular flexibility index (Phi) is 5.67. The number of hydrogen-bond donors (Lipinski definition) is 1. The Morgan fingerprint density at radius 3 is 2.75 bits per heavy atom. The lowest BCUT2D eigenvalue weighted by Crippen LogP contribution is -2.25. The summed E-state index contributed by atoms with van der Waals surface area (Å²) in [5, 5.41) is 26.7. The zero-order valence-corrected chi connectivity index (χ0v) is 15.9. The Morgan fingerprint density at radius 1 is 1.21 bits per heavy atom. The first-order valence-electron chi connectivity index (χ1n) is 9.15. The van der Waals surface area contributed by atoms with Gasteiger partial charge in [0.15, 0.2) is 0 Å². The molecule has 3 aromatic rings. The second-order valence-electron chi connectivity index (χ2n) is 6.47. The van der Waals surface area contributed by atoms with Crippen LogP contribution in [-0.4, -0.2) is 27.2 Å². The highest BCUT2D eigenvalue weighted by molar-refractivity contribution is 6.03. The van der Waals surface area contributed by atoms with Gasteiger partial charge in [0.25, 0.3) is 5.91 Å². The molecule has 0 aliphatic rings. The molecule has 0 aliphatic heterocycles. The summed E-state index contributed by atoms with van der Waals surface area (Å²) in [6.45, 7) is 2.67. The van der Waals surface area contributed by atoms with Gasteiger partial charge in [0, 0.05) is 24.5 Å². The molecule has 140 valence electrons. The number of rotatable bonds is 6. The van der Waals surface area contributed by atoms with Crippen LogP contribution in [0.4, 0.5) is 0 Å². The van der Waals surface area contributed by atoms with Crippen molar-refractivity contribution in [2.24, 2.45) is 7.05 Å². The van der Waals surface area contributed by atoms with E-state index in [-0.39, 0.29) is 11.6 Å². The molecule has 0 atom stereocenters. The van der Waals surface area contributed by atoms with E-state index in [1.807, 2.05) is 6.07 Å². The van der Waals surface area contributed by atoms with Gasteiger partial charge in [-0.15, -0.1) is 0 Å². The van der Waals surface area contributed by atoms with E-state index < -0.39 is 0 Å². The van der Waals surface area contributed by atoms with Crippen LogP contribution < -0.4 is 5.32 Å². The summed E-state index contributed by atoms with van der Waals surface area (Å²) in [4.78, 5) is 17.1. The number of nitrogens with zero attached hydrogens (tertiary/aromatic N) is 5. The molecule has 1 aromatic carbocycles. The third-order valence-electron chi connectivity index (χ3n) is 4.59. The van der Waals surface area contributed by atoms with E-state index in [1.165, 1.54) is 4.68 Å². The highest BCUT2D eigenvalue weighted by Crippen LogP contribution is 2.32. The standard InChI is InChI=1S/C21H20N6O/c1-3-4-5-9-24-21(28)18-10-16(17-13-25-27(2)19(17)12-23)15-8-6-7-14(11-22)20(15)26-18/h6-8,10,13H,3-5,9H2,1-2H3,(H,24,28). The van der Waals surface area contributed by atoms with Crippen molar-refractivity contribution in [2.45, 2.75) is 26.2 Å². The minimum Gasteiger partial charge on any atom is -0.351 e. The molecular formula is C21H20N6O. The Morgan fingerprint density at radius 2 is 2.04 bits per heavy atom. The number of carbonyl (C=O) groups is 1. The van der Waals surface area contributed by atoms with Gasteiger partial charge in [0.2, 0.25) is 0 Å². The molecule has 0 saturated carbocycles. The second kappa shape index (κ2) is 8.32. The van der Waals surface area contributed by atoms with E-state index in [1.54, 1.807) is 31.4 Å². The molecule has 1 amide bonds. The van der Waals surface area contributed by atoms with Crippen molar-refractivity contribution in [1.82, 2.24) is 20.1 Å². The van der Waals surface area contributed by atoms with Crippen molar-refractivity contribution in [3.63, 3.8) is 0 Å². The van der Waals surface area contributed by atoms with Gasteiger partial charge in [-0.25, -0.2) is 4.98 Å². The Bertz CT molecular complexity index is 1120. The van der Waals surface area contributed by atoms with Gasteiger partial charge in [-0.05, 0) is 24.1 Å². The number of amides is 1. The maximum Gasteiger partial charge on any atom is 0.269 e. The molecule has 0 fully saturated rings. The minimum absolute atomic E-state index is 0.217. The van der Waals surface area contributed by atoms with Crippen molar-refractivity contribution >= 4 is 16.8 Å².